The molecule has 18 heteroatoms. The third-order valence-corrected chi connectivity index (χ3v) is 10.1. The van der Waals surface area contributed by atoms with Crippen LogP contribution in [0.4, 0.5) is 0 Å². The zero-order valence-corrected chi connectivity index (χ0v) is 35.6. The predicted molar refractivity (Wildman–Crippen MR) is 229 cm³/mol. The van der Waals surface area contributed by atoms with Gasteiger partial charge in [0.25, 0.3) is 0 Å². The summed E-state index contributed by atoms with van der Waals surface area (Å²) < 4.78 is 0. The lowest BCUT2D eigenvalue weighted by Crippen LogP contribution is -2.59. The zero-order valence-electron chi connectivity index (χ0n) is 35.6. The molecular weight excluding hydrogens is 785 g/mol. The molecule has 1 fully saturated rings. The fraction of sp³-hybridized carbons (Fsp3) is 0.535. The Morgan fingerprint density at radius 1 is 0.721 bits per heavy atom. The van der Waals surface area contributed by atoms with E-state index in [-0.39, 0.29) is 63.0 Å². The van der Waals surface area contributed by atoms with Crippen LogP contribution in [0.2, 0.25) is 0 Å². The number of hydrogen-bond donors (Lipinski definition) is 10. The number of rotatable bonds is 24. The molecule has 12 N–H and O–H groups in total. The van der Waals surface area contributed by atoms with E-state index in [0.717, 1.165) is 11.1 Å². The molecule has 0 unspecified atom stereocenters. The topological polar surface area (TPSA) is 291 Å². The molecule has 18 nitrogen and oxygen atoms in total. The molecule has 61 heavy (non-hydrogen) atoms. The Hall–Kier alpha value is -6.04. The maximum absolute atomic E-state index is 14.0. The van der Waals surface area contributed by atoms with E-state index in [4.69, 9.17) is 16.9 Å². The van der Waals surface area contributed by atoms with Crippen LogP contribution in [0.25, 0.3) is 0 Å². The van der Waals surface area contributed by atoms with E-state index in [1.807, 2.05) is 88.4 Å². The summed E-state index contributed by atoms with van der Waals surface area (Å²) in [5, 5.41) is 32.9. The van der Waals surface area contributed by atoms with Crippen LogP contribution in [0.15, 0.2) is 60.7 Å². The molecule has 0 saturated carbocycles. The number of carboxylic acids is 1. The molecule has 1 aliphatic heterocycles. The number of guanidine groups is 1. The van der Waals surface area contributed by atoms with Crippen molar-refractivity contribution in [2.45, 2.75) is 115 Å². The zero-order chi connectivity index (χ0) is 45.1. The molecule has 1 heterocycles. The molecule has 1 saturated heterocycles. The van der Waals surface area contributed by atoms with Crippen LogP contribution in [0.3, 0.4) is 0 Å². The van der Waals surface area contributed by atoms with Gasteiger partial charge in [0.2, 0.25) is 35.4 Å². The van der Waals surface area contributed by atoms with Gasteiger partial charge in [-0.05, 0) is 67.9 Å². The molecule has 1 aliphatic rings. The highest BCUT2D eigenvalue weighted by molar-refractivity contribution is 5.96. The first-order valence-electron chi connectivity index (χ1n) is 20.9. The highest BCUT2D eigenvalue weighted by Gasteiger charge is 2.37. The van der Waals surface area contributed by atoms with Crippen molar-refractivity contribution in [2.24, 2.45) is 23.3 Å². The average molecular weight is 849 g/mol. The molecule has 6 atom stereocenters. The maximum Gasteiger partial charge on any atom is 0.326 e. The first-order chi connectivity index (χ1) is 28.9. The number of likely N-dealkylation sites (tertiary alicyclic amines) is 1. The van der Waals surface area contributed by atoms with Crippen molar-refractivity contribution < 1.29 is 38.7 Å². The van der Waals surface area contributed by atoms with Gasteiger partial charge in [-0.3, -0.25) is 34.2 Å². The number of nitrogens with zero attached hydrogens (tertiary/aromatic N) is 1. The summed E-state index contributed by atoms with van der Waals surface area (Å²) in [6.45, 7) is 7.47. The number of carbonyl (C=O) groups excluding carboxylic acids is 6. The molecule has 0 radical (unpaired) electrons. The fourth-order valence-electron chi connectivity index (χ4n) is 7.03. The van der Waals surface area contributed by atoms with E-state index in [1.165, 1.54) is 4.90 Å². The van der Waals surface area contributed by atoms with Gasteiger partial charge in [0.05, 0.1) is 12.6 Å². The van der Waals surface area contributed by atoms with Crippen molar-refractivity contribution >= 4 is 47.4 Å². The van der Waals surface area contributed by atoms with Gasteiger partial charge < -0.3 is 53.4 Å². The first kappa shape index (κ1) is 49.3. The maximum atomic E-state index is 14.0. The monoisotopic (exact) mass is 848 g/mol. The summed E-state index contributed by atoms with van der Waals surface area (Å²) in [7, 11) is 0. The van der Waals surface area contributed by atoms with Crippen LogP contribution < -0.4 is 43.4 Å². The van der Waals surface area contributed by atoms with Crippen molar-refractivity contribution in [2.75, 3.05) is 19.6 Å². The van der Waals surface area contributed by atoms with E-state index in [9.17, 15) is 38.7 Å². The van der Waals surface area contributed by atoms with Crippen LogP contribution in [0, 0.1) is 17.2 Å². The summed E-state index contributed by atoms with van der Waals surface area (Å²) in [5.74, 6) is -5.23. The fourth-order valence-corrected chi connectivity index (χ4v) is 7.03. The van der Waals surface area contributed by atoms with E-state index in [0.29, 0.717) is 19.3 Å². The van der Waals surface area contributed by atoms with Crippen molar-refractivity contribution in [3.8, 4) is 0 Å². The van der Waals surface area contributed by atoms with Gasteiger partial charge in [0, 0.05) is 19.5 Å². The number of nitrogens with two attached hydrogens (primary N) is 2. The molecule has 6 amide bonds. The molecule has 2 aromatic rings. The lowest BCUT2D eigenvalue weighted by Gasteiger charge is -2.28. The number of carbonyl (C=O) groups is 7. The number of carboxylic acid groups (broad SMARTS) is 1. The number of hydrogen-bond acceptors (Lipinski definition) is 9. The van der Waals surface area contributed by atoms with E-state index < -0.39 is 84.2 Å². The SMILES string of the molecule is CC(C)C[C@H](NC(=O)[C@H](CC(C)C)NC(=O)[C@H](Cc1ccccc1)NC(=O)[C@@H](N)Cc1ccccc1)C(=O)NCC(=O)N1CCC[C@H]1C(=O)N[C@@H](CCCNC(=N)N)C(=O)O. The van der Waals surface area contributed by atoms with E-state index >= 15 is 0 Å². The summed E-state index contributed by atoms with van der Waals surface area (Å²) >= 11 is 0. The molecule has 0 spiro atoms. The van der Waals surface area contributed by atoms with Gasteiger partial charge in [-0.2, -0.15) is 0 Å². The van der Waals surface area contributed by atoms with Crippen LogP contribution in [0.1, 0.15) is 77.3 Å². The van der Waals surface area contributed by atoms with Crippen LogP contribution in [-0.2, 0) is 46.4 Å². The quantitative estimate of drug-likeness (QED) is 0.0389. The molecule has 334 valence electrons. The van der Waals surface area contributed by atoms with Gasteiger partial charge >= 0.3 is 5.97 Å². The Labute approximate surface area is 357 Å². The minimum Gasteiger partial charge on any atom is -0.480 e. The van der Waals surface area contributed by atoms with Gasteiger partial charge in [-0.15, -0.1) is 0 Å². The van der Waals surface area contributed by atoms with Crippen LogP contribution in [0.5, 0.6) is 0 Å². The minimum atomic E-state index is -1.24. The average Bonchev–Trinajstić information content (AvgIpc) is 3.71. The Kier molecular flexibility index (Phi) is 20.1. The molecule has 3 rings (SSSR count). The molecule has 2 aromatic carbocycles. The standard InChI is InChI=1S/C43H64N10O8/c1-26(2)21-32(38(56)48-25-36(54)53-20-12-18-35(53)41(59)49-31(42(60)61)17-11-19-47-43(45)46)51-39(57)33(22-27(3)4)52-40(58)34(24-29-15-9-6-10-16-29)50-37(55)30(44)23-28-13-7-5-8-14-28/h5-10,13-16,26-27,30-35H,11-12,17-25,44H2,1-4H3,(H,48,56)(H,49,59)(H,50,55)(H,51,57)(H,52,58)(H,60,61)(H4,45,46,47)/t30-,31-,32-,33-,34-,35-/m0/s1. The third-order valence-electron chi connectivity index (χ3n) is 10.1. The lowest BCUT2D eigenvalue weighted by atomic mass is 9.99. The van der Waals surface area contributed by atoms with E-state index in [1.54, 1.807) is 0 Å². The van der Waals surface area contributed by atoms with Gasteiger partial charge in [0.1, 0.15) is 30.2 Å². The Morgan fingerprint density at radius 3 is 1.79 bits per heavy atom. The Balaban J connectivity index is 1.68. The summed E-state index contributed by atoms with van der Waals surface area (Å²) in [6, 6.07) is 12.0. The second-order valence-electron chi connectivity index (χ2n) is 16.3. The van der Waals surface area contributed by atoms with Crippen LogP contribution >= 0.6 is 0 Å². The second-order valence-corrected chi connectivity index (χ2v) is 16.3. The smallest absolute Gasteiger partial charge is 0.326 e. The number of nitrogens with one attached hydrogen (secondary N) is 7. The molecule has 0 aromatic heterocycles. The van der Waals surface area contributed by atoms with Crippen molar-refractivity contribution in [3.05, 3.63) is 71.8 Å². The van der Waals surface area contributed by atoms with Crippen molar-refractivity contribution in [1.82, 2.24) is 36.8 Å². The highest BCUT2D eigenvalue weighted by atomic mass is 16.4. The van der Waals surface area contributed by atoms with E-state index in [2.05, 4.69) is 31.9 Å². The lowest BCUT2D eigenvalue weighted by molar-refractivity contribution is -0.144. The highest BCUT2D eigenvalue weighted by Crippen LogP contribution is 2.18. The van der Waals surface area contributed by atoms with Crippen LogP contribution in [-0.4, -0.2) is 113 Å². The summed E-state index contributed by atoms with van der Waals surface area (Å²) in [6.07, 6.45) is 1.95. The number of amides is 6. The third kappa shape index (κ3) is 17.2. The second kappa shape index (κ2) is 24.9. The van der Waals surface area contributed by atoms with Crippen molar-refractivity contribution in [1.29, 1.82) is 5.41 Å². The number of benzene rings is 2. The molecular formula is C43H64N10O8. The van der Waals surface area contributed by atoms with Gasteiger partial charge in [-0.1, -0.05) is 88.4 Å². The van der Waals surface area contributed by atoms with Gasteiger partial charge in [-0.25, -0.2) is 4.79 Å². The summed E-state index contributed by atoms with van der Waals surface area (Å²) in [4.78, 5) is 94.6. The van der Waals surface area contributed by atoms with Gasteiger partial charge in [0.15, 0.2) is 5.96 Å². The Bertz CT molecular complexity index is 1800. The number of aliphatic carboxylic acids is 1. The minimum absolute atomic E-state index is 0.0624. The predicted octanol–water partition coefficient (Wildman–Crippen LogP) is 0.286. The summed E-state index contributed by atoms with van der Waals surface area (Å²) in [5.41, 5.74) is 13.2. The largest absolute Gasteiger partial charge is 0.480 e. The Morgan fingerprint density at radius 2 is 1.25 bits per heavy atom. The first-order valence-corrected chi connectivity index (χ1v) is 20.9. The molecule has 0 bridgehead atoms. The van der Waals surface area contributed by atoms with Crippen molar-refractivity contribution in [3.63, 3.8) is 0 Å². The molecule has 0 aliphatic carbocycles. The normalized spacial score (nSPS) is 16.0.